The fourth-order valence-corrected chi connectivity index (χ4v) is 5.87. The van der Waals surface area contributed by atoms with E-state index in [2.05, 4.69) is 6.92 Å². The molecule has 2 aromatic heterocycles. The Bertz CT molecular complexity index is 1350. The third kappa shape index (κ3) is 4.44. The smallest absolute Gasteiger partial charge is 0.268 e. The maximum atomic E-state index is 13.6. The summed E-state index contributed by atoms with van der Waals surface area (Å²) in [6, 6.07) is 13.5. The van der Waals surface area contributed by atoms with Gasteiger partial charge >= 0.3 is 0 Å². The molecule has 0 radical (unpaired) electrons. The Morgan fingerprint density at radius 3 is 2.47 bits per heavy atom. The van der Waals surface area contributed by atoms with Gasteiger partial charge in [-0.3, -0.25) is 19.5 Å². The fourth-order valence-electron chi connectivity index (χ4n) is 3.45. The van der Waals surface area contributed by atoms with E-state index in [-0.39, 0.29) is 11.2 Å². The first-order chi connectivity index (χ1) is 15.4. The number of aryl methyl sites for hydroxylation is 2. The van der Waals surface area contributed by atoms with Crippen molar-refractivity contribution in [3.05, 3.63) is 90.0 Å². The van der Waals surface area contributed by atoms with Crippen LogP contribution in [0, 0.1) is 17.0 Å². The number of benzene rings is 2. The van der Waals surface area contributed by atoms with Gasteiger partial charge in [0.15, 0.2) is 5.16 Å². The predicted octanol–water partition coefficient (Wildman–Crippen LogP) is 6.56. The zero-order valence-corrected chi connectivity index (χ0v) is 19.9. The standard InChI is InChI=1S/C23H20ClN3O3S2/c1-3-4-19-14(2)20-21(32-19)25-23(26(22(20)28)17-11-7-16(24)8-12-17)31-13-15-5-9-18(10-6-15)27(29)30/h5-12H,3-4,13H2,1-2H3. The highest BCUT2D eigenvalue weighted by Gasteiger charge is 2.19. The summed E-state index contributed by atoms with van der Waals surface area (Å²) in [7, 11) is 0. The minimum Gasteiger partial charge on any atom is -0.268 e. The van der Waals surface area contributed by atoms with Crippen molar-refractivity contribution in [3.63, 3.8) is 0 Å². The van der Waals surface area contributed by atoms with Crippen LogP contribution in [0.5, 0.6) is 0 Å². The lowest BCUT2D eigenvalue weighted by atomic mass is 10.1. The number of thiophene rings is 1. The fraction of sp³-hybridized carbons (Fsp3) is 0.217. The second-order valence-electron chi connectivity index (χ2n) is 7.30. The van der Waals surface area contributed by atoms with Gasteiger partial charge in [-0.1, -0.05) is 48.8 Å². The predicted molar refractivity (Wildman–Crippen MR) is 132 cm³/mol. The third-order valence-corrected chi connectivity index (χ3v) is 7.62. The summed E-state index contributed by atoms with van der Waals surface area (Å²) in [4.78, 5) is 30.9. The van der Waals surface area contributed by atoms with E-state index >= 15 is 0 Å². The second kappa shape index (κ2) is 9.44. The summed E-state index contributed by atoms with van der Waals surface area (Å²) < 4.78 is 1.63. The Hall–Kier alpha value is -2.68. The molecule has 2 heterocycles. The lowest BCUT2D eigenvalue weighted by molar-refractivity contribution is -0.384. The average molecular weight is 486 g/mol. The van der Waals surface area contributed by atoms with Crippen LogP contribution in [0.15, 0.2) is 58.5 Å². The minimum absolute atomic E-state index is 0.0499. The molecule has 2 aromatic carbocycles. The first kappa shape index (κ1) is 22.5. The van der Waals surface area contributed by atoms with Gasteiger partial charge in [0.25, 0.3) is 11.2 Å². The SMILES string of the molecule is CCCc1sc2nc(SCc3ccc([N+](=O)[O-])cc3)n(-c3ccc(Cl)cc3)c(=O)c2c1C. The van der Waals surface area contributed by atoms with E-state index in [1.54, 1.807) is 40.2 Å². The summed E-state index contributed by atoms with van der Waals surface area (Å²) in [5, 5.41) is 12.7. The first-order valence-electron chi connectivity index (χ1n) is 10.1. The number of thioether (sulfide) groups is 1. The number of rotatable bonds is 7. The molecule has 0 N–H and O–H groups in total. The maximum absolute atomic E-state index is 13.6. The van der Waals surface area contributed by atoms with Crippen molar-refractivity contribution in [2.45, 2.75) is 37.6 Å². The number of hydrogen-bond donors (Lipinski definition) is 0. The number of nitrogens with zero attached hydrogens (tertiary/aromatic N) is 3. The van der Waals surface area contributed by atoms with Gasteiger partial charge in [-0.05, 0) is 48.7 Å². The molecule has 32 heavy (non-hydrogen) atoms. The molecule has 0 saturated carbocycles. The van der Waals surface area contributed by atoms with E-state index in [1.807, 2.05) is 19.1 Å². The van der Waals surface area contributed by atoms with Crippen molar-refractivity contribution in [3.8, 4) is 5.69 Å². The molecule has 0 fully saturated rings. The lowest BCUT2D eigenvalue weighted by Crippen LogP contribution is -2.21. The van der Waals surface area contributed by atoms with Gasteiger partial charge in [-0.2, -0.15) is 0 Å². The quantitative estimate of drug-likeness (QED) is 0.128. The summed E-state index contributed by atoms with van der Waals surface area (Å²) in [6.07, 6.45) is 1.92. The number of nitro benzene ring substituents is 1. The average Bonchev–Trinajstić information content (AvgIpc) is 3.09. The molecule has 9 heteroatoms. The first-order valence-corrected chi connectivity index (χ1v) is 12.2. The molecule has 0 spiro atoms. The lowest BCUT2D eigenvalue weighted by Gasteiger charge is -2.12. The van der Waals surface area contributed by atoms with Crippen LogP contribution in [0.2, 0.25) is 5.02 Å². The van der Waals surface area contributed by atoms with Gasteiger partial charge in [0, 0.05) is 27.8 Å². The van der Waals surface area contributed by atoms with Crippen molar-refractivity contribution in [2.75, 3.05) is 0 Å². The maximum Gasteiger partial charge on any atom is 0.269 e. The van der Waals surface area contributed by atoms with Crippen molar-refractivity contribution in [1.82, 2.24) is 9.55 Å². The zero-order chi connectivity index (χ0) is 22.8. The molecular formula is C23H20ClN3O3S2. The van der Waals surface area contributed by atoms with E-state index in [9.17, 15) is 14.9 Å². The monoisotopic (exact) mass is 485 g/mol. The van der Waals surface area contributed by atoms with Gasteiger partial charge in [-0.25, -0.2) is 4.98 Å². The van der Waals surface area contributed by atoms with Crippen LogP contribution in [0.25, 0.3) is 15.9 Å². The largest absolute Gasteiger partial charge is 0.269 e. The van der Waals surface area contributed by atoms with Gasteiger partial charge in [-0.15, -0.1) is 11.3 Å². The summed E-state index contributed by atoms with van der Waals surface area (Å²) in [5.74, 6) is 0.524. The number of aromatic nitrogens is 2. The number of fused-ring (bicyclic) bond motifs is 1. The molecule has 4 aromatic rings. The molecule has 6 nitrogen and oxygen atoms in total. The molecule has 0 saturated heterocycles. The summed E-state index contributed by atoms with van der Waals surface area (Å²) >= 11 is 9.06. The van der Waals surface area contributed by atoms with E-state index in [4.69, 9.17) is 16.6 Å². The van der Waals surface area contributed by atoms with Crippen molar-refractivity contribution >= 4 is 50.6 Å². The molecule has 0 amide bonds. The van der Waals surface area contributed by atoms with Gasteiger partial charge < -0.3 is 0 Å². The van der Waals surface area contributed by atoms with Crippen molar-refractivity contribution < 1.29 is 4.92 Å². The number of nitro groups is 1. The van der Waals surface area contributed by atoms with E-state index < -0.39 is 4.92 Å². The highest BCUT2D eigenvalue weighted by atomic mass is 35.5. The Morgan fingerprint density at radius 1 is 1.16 bits per heavy atom. The molecule has 0 aliphatic rings. The van der Waals surface area contributed by atoms with Crippen LogP contribution in [-0.2, 0) is 12.2 Å². The highest BCUT2D eigenvalue weighted by Crippen LogP contribution is 2.32. The Kier molecular flexibility index (Phi) is 6.64. The van der Waals surface area contributed by atoms with E-state index in [1.165, 1.54) is 28.8 Å². The normalized spacial score (nSPS) is 11.2. The van der Waals surface area contributed by atoms with Crippen LogP contribution >= 0.6 is 34.7 Å². The van der Waals surface area contributed by atoms with Gasteiger partial charge in [0.2, 0.25) is 0 Å². The minimum atomic E-state index is -0.419. The van der Waals surface area contributed by atoms with E-state index in [0.717, 1.165) is 28.8 Å². The molecular weight excluding hydrogens is 466 g/mol. The molecule has 4 rings (SSSR count). The number of hydrogen-bond acceptors (Lipinski definition) is 6. The van der Waals surface area contributed by atoms with E-state index in [0.29, 0.717) is 27.0 Å². The number of non-ortho nitro benzene ring substituents is 1. The van der Waals surface area contributed by atoms with Crippen LogP contribution in [0.1, 0.15) is 29.3 Å². The topological polar surface area (TPSA) is 78.0 Å². The molecule has 0 unspecified atom stereocenters. The summed E-state index contributed by atoms with van der Waals surface area (Å²) in [6.45, 7) is 4.11. The highest BCUT2D eigenvalue weighted by molar-refractivity contribution is 7.98. The summed E-state index contributed by atoms with van der Waals surface area (Å²) in [5.41, 5.74) is 2.56. The Balaban J connectivity index is 1.80. The molecule has 164 valence electrons. The zero-order valence-electron chi connectivity index (χ0n) is 17.5. The molecule has 0 atom stereocenters. The Labute approximate surface area is 198 Å². The second-order valence-corrected chi connectivity index (χ2v) is 9.77. The van der Waals surface area contributed by atoms with Crippen LogP contribution in [0.4, 0.5) is 5.69 Å². The Morgan fingerprint density at radius 2 is 1.84 bits per heavy atom. The number of halogens is 1. The molecule has 0 aliphatic carbocycles. The van der Waals surface area contributed by atoms with Gasteiger partial charge in [0.1, 0.15) is 4.83 Å². The van der Waals surface area contributed by atoms with Gasteiger partial charge in [0.05, 0.1) is 16.0 Å². The third-order valence-electron chi connectivity index (χ3n) is 5.11. The van der Waals surface area contributed by atoms with Crippen LogP contribution in [0.3, 0.4) is 0 Å². The molecule has 0 aliphatic heterocycles. The van der Waals surface area contributed by atoms with Crippen LogP contribution < -0.4 is 5.56 Å². The van der Waals surface area contributed by atoms with Crippen molar-refractivity contribution in [2.24, 2.45) is 0 Å². The van der Waals surface area contributed by atoms with Crippen molar-refractivity contribution in [1.29, 1.82) is 0 Å². The molecule has 0 bridgehead atoms. The van der Waals surface area contributed by atoms with Crippen LogP contribution in [-0.4, -0.2) is 14.5 Å².